The van der Waals surface area contributed by atoms with E-state index in [2.05, 4.69) is 15.5 Å². The summed E-state index contributed by atoms with van der Waals surface area (Å²) in [5, 5.41) is 11.4. The van der Waals surface area contributed by atoms with Gasteiger partial charge in [0.1, 0.15) is 5.82 Å². The van der Waals surface area contributed by atoms with E-state index in [-0.39, 0.29) is 28.2 Å². The first-order valence-electron chi connectivity index (χ1n) is 11.0. The summed E-state index contributed by atoms with van der Waals surface area (Å²) in [5.74, 6) is -0.505. The lowest BCUT2D eigenvalue weighted by molar-refractivity contribution is -0.121. The molecule has 3 aromatic rings. The highest BCUT2D eigenvalue weighted by molar-refractivity contribution is 7.90. The van der Waals surface area contributed by atoms with Crippen LogP contribution in [0.3, 0.4) is 0 Å². The highest BCUT2D eigenvalue weighted by Gasteiger charge is 2.55. The van der Waals surface area contributed by atoms with Crippen molar-refractivity contribution in [3.63, 3.8) is 0 Å². The third-order valence-electron chi connectivity index (χ3n) is 6.35. The monoisotopic (exact) mass is 467 g/mol. The van der Waals surface area contributed by atoms with E-state index in [1.807, 2.05) is 19.9 Å². The molecule has 0 unspecified atom stereocenters. The Morgan fingerprint density at radius 3 is 2.52 bits per heavy atom. The van der Waals surface area contributed by atoms with Gasteiger partial charge in [0.15, 0.2) is 9.84 Å². The van der Waals surface area contributed by atoms with Gasteiger partial charge < -0.3 is 5.32 Å². The maximum absolute atomic E-state index is 14.2. The van der Waals surface area contributed by atoms with Crippen LogP contribution in [0.2, 0.25) is 0 Å². The number of hydrogen-bond donors (Lipinski definition) is 1. The fourth-order valence-electron chi connectivity index (χ4n) is 4.86. The van der Waals surface area contributed by atoms with Crippen molar-refractivity contribution in [1.29, 1.82) is 0 Å². The number of nitrogens with zero attached hydrogens (tertiary/aromatic N) is 2. The van der Waals surface area contributed by atoms with Crippen LogP contribution in [0.1, 0.15) is 50.3 Å². The van der Waals surface area contributed by atoms with Gasteiger partial charge >= 0.3 is 0 Å². The average molecular weight is 468 g/mol. The normalized spacial score (nSPS) is 20.5. The zero-order valence-corrected chi connectivity index (χ0v) is 19.6. The number of sulfone groups is 1. The predicted molar refractivity (Wildman–Crippen MR) is 125 cm³/mol. The maximum Gasteiger partial charge on any atom is 0.236 e. The highest BCUT2D eigenvalue weighted by Crippen LogP contribution is 2.57. The summed E-state index contributed by atoms with van der Waals surface area (Å²) in [6, 6.07) is 14.6. The summed E-state index contributed by atoms with van der Waals surface area (Å²) in [4.78, 5) is 13.5. The summed E-state index contributed by atoms with van der Waals surface area (Å²) in [5.41, 5.74) is 1.76. The molecule has 172 valence electrons. The lowest BCUT2D eigenvalue weighted by atomic mass is 9.82. The third-order valence-corrected chi connectivity index (χ3v) is 7.51. The molecular formula is C25H26FN3O3S. The molecule has 6 nitrogen and oxygen atoms in total. The quantitative estimate of drug-likeness (QED) is 0.591. The number of amides is 1. The lowest BCUT2D eigenvalue weighted by Gasteiger charge is -2.26. The topological polar surface area (TPSA) is 89.0 Å². The van der Waals surface area contributed by atoms with E-state index in [4.69, 9.17) is 0 Å². The predicted octanol–water partition coefficient (Wildman–Crippen LogP) is 4.87. The summed E-state index contributed by atoms with van der Waals surface area (Å²) in [6.45, 7) is 4.00. The van der Waals surface area contributed by atoms with E-state index in [0.717, 1.165) is 18.2 Å². The fourth-order valence-corrected chi connectivity index (χ4v) is 5.71. The minimum Gasteiger partial charge on any atom is -0.324 e. The molecule has 1 heterocycles. The molecule has 0 radical (unpaired) electrons. The van der Waals surface area contributed by atoms with Crippen LogP contribution in [0.15, 0.2) is 59.5 Å². The van der Waals surface area contributed by atoms with Crippen molar-refractivity contribution in [1.82, 2.24) is 10.2 Å². The maximum atomic E-state index is 14.2. The van der Waals surface area contributed by atoms with Gasteiger partial charge in [-0.3, -0.25) is 4.79 Å². The van der Waals surface area contributed by atoms with Crippen LogP contribution >= 0.6 is 0 Å². The molecule has 2 atom stereocenters. The van der Waals surface area contributed by atoms with E-state index in [9.17, 15) is 17.6 Å². The summed E-state index contributed by atoms with van der Waals surface area (Å²) < 4.78 is 38.4. The zero-order chi connectivity index (χ0) is 23.8. The van der Waals surface area contributed by atoms with E-state index in [1.165, 1.54) is 12.1 Å². The van der Waals surface area contributed by atoms with Crippen molar-refractivity contribution in [2.45, 2.75) is 49.3 Å². The molecule has 5 rings (SSSR count). The van der Waals surface area contributed by atoms with E-state index < -0.39 is 15.3 Å². The van der Waals surface area contributed by atoms with Crippen LogP contribution in [0.5, 0.6) is 0 Å². The van der Waals surface area contributed by atoms with E-state index in [0.29, 0.717) is 29.8 Å². The van der Waals surface area contributed by atoms with Gasteiger partial charge in [-0.15, -0.1) is 0 Å². The van der Waals surface area contributed by atoms with Crippen LogP contribution in [0, 0.1) is 5.82 Å². The van der Waals surface area contributed by atoms with Crippen molar-refractivity contribution in [2.75, 3.05) is 11.6 Å². The summed E-state index contributed by atoms with van der Waals surface area (Å²) >= 11 is 0. The first-order valence-corrected chi connectivity index (χ1v) is 12.9. The van der Waals surface area contributed by atoms with Gasteiger partial charge in [-0.1, -0.05) is 38.1 Å². The van der Waals surface area contributed by atoms with Crippen LogP contribution in [-0.2, 0) is 20.0 Å². The molecule has 33 heavy (non-hydrogen) atoms. The standard InChI is InChI=1S/C23H20FN3O3S.C2H6/c1-31(29,30)20-9-5-4-8-18(20)25-22(28)23-11-10-14(13-23)16-12-19(26-27-21(16)23)15-6-2-3-7-17(15)24;1-2/h2-9,12,14H,10-11,13H2,1H3,(H,25,28);1-2H3/t14-,23-;/m0./s1. The number of aromatic nitrogens is 2. The van der Waals surface area contributed by atoms with Gasteiger partial charge in [-0.2, -0.15) is 10.2 Å². The van der Waals surface area contributed by atoms with Gasteiger partial charge in [0, 0.05) is 11.8 Å². The summed E-state index contributed by atoms with van der Waals surface area (Å²) in [7, 11) is -3.50. The van der Waals surface area contributed by atoms with Crippen LogP contribution in [0.4, 0.5) is 10.1 Å². The van der Waals surface area contributed by atoms with Gasteiger partial charge in [0.25, 0.3) is 0 Å². The largest absolute Gasteiger partial charge is 0.324 e. The first kappa shape index (κ1) is 23.0. The number of carbonyl (C=O) groups excluding carboxylic acids is 1. The second-order valence-corrected chi connectivity index (χ2v) is 10.2. The molecule has 0 aliphatic heterocycles. The Bertz CT molecular complexity index is 1330. The Kier molecular flexibility index (Phi) is 6.05. The lowest BCUT2D eigenvalue weighted by Crippen LogP contribution is -2.38. The van der Waals surface area contributed by atoms with Crippen LogP contribution < -0.4 is 5.32 Å². The van der Waals surface area contributed by atoms with E-state index in [1.54, 1.807) is 36.4 Å². The molecule has 1 aromatic heterocycles. The summed E-state index contributed by atoms with van der Waals surface area (Å²) in [6.07, 6.45) is 3.13. The molecule has 1 fully saturated rings. The smallest absolute Gasteiger partial charge is 0.236 e. The molecule has 2 aliphatic carbocycles. The Morgan fingerprint density at radius 1 is 1.09 bits per heavy atom. The van der Waals surface area contributed by atoms with Crippen molar-refractivity contribution >= 4 is 21.4 Å². The molecule has 0 saturated heterocycles. The number of hydrogen-bond acceptors (Lipinski definition) is 5. The average Bonchev–Trinajstić information content (AvgIpc) is 3.39. The van der Waals surface area contributed by atoms with Crippen molar-refractivity contribution in [3.8, 4) is 11.3 Å². The minimum absolute atomic E-state index is 0.0773. The van der Waals surface area contributed by atoms with E-state index >= 15 is 0 Å². The fraction of sp³-hybridized carbons (Fsp3) is 0.320. The first-order chi connectivity index (χ1) is 15.8. The van der Waals surface area contributed by atoms with Crippen molar-refractivity contribution in [3.05, 3.63) is 71.7 Å². The van der Waals surface area contributed by atoms with Crippen molar-refractivity contribution in [2.24, 2.45) is 0 Å². The number of benzene rings is 2. The zero-order valence-electron chi connectivity index (χ0n) is 18.8. The highest BCUT2D eigenvalue weighted by atomic mass is 32.2. The molecule has 8 heteroatoms. The van der Waals surface area contributed by atoms with Gasteiger partial charge in [-0.05, 0) is 61.1 Å². The Hall–Kier alpha value is -3.13. The number of para-hydroxylation sites is 1. The molecular weight excluding hydrogens is 441 g/mol. The second-order valence-electron chi connectivity index (χ2n) is 8.26. The van der Waals surface area contributed by atoms with Gasteiger partial charge in [-0.25, -0.2) is 12.8 Å². The Balaban J connectivity index is 0.00000126. The number of halogens is 1. The van der Waals surface area contributed by atoms with Gasteiger partial charge in [0.05, 0.1) is 27.4 Å². The molecule has 2 bridgehead atoms. The second kappa shape index (κ2) is 8.67. The Morgan fingerprint density at radius 2 is 1.79 bits per heavy atom. The minimum atomic E-state index is -3.50. The number of rotatable bonds is 4. The molecule has 2 aliphatic rings. The third kappa shape index (κ3) is 3.93. The molecule has 2 aromatic carbocycles. The number of nitrogens with one attached hydrogen (secondary N) is 1. The van der Waals surface area contributed by atoms with Crippen LogP contribution in [0.25, 0.3) is 11.3 Å². The number of carbonyl (C=O) groups is 1. The van der Waals surface area contributed by atoms with Crippen molar-refractivity contribution < 1.29 is 17.6 Å². The van der Waals surface area contributed by atoms with Crippen LogP contribution in [-0.4, -0.2) is 30.8 Å². The number of fused-ring (bicyclic) bond motifs is 5. The number of anilines is 1. The molecule has 0 spiro atoms. The molecule has 1 amide bonds. The Labute approximate surface area is 193 Å². The molecule has 1 saturated carbocycles. The van der Waals surface area contributed by atoms with Gasteiger partial charge in [0.2, 0.25) is 5.91 Å². The SMILES string of the molecule is CC.CS(=O)(=O)c1ccccc1NC(=O)[C@@]12CC[C@@H](C1)c1cc(-c3ccccc3F)nnc12. The molecule has 1 N–H and O–H groups in total.